The molecule has 1 heterocycles. The number of nitrogens with two attached hydrogens (primary N) is 1. The molecule has 0 bridgehead atoms. The monoisotopic (exact) mass is 281 g/mol. The fourth-order valence-corrected chi connectivity index (χ4v) is 2.32. The van der Waals surface area contributed by atoms with Gasteiger partial charge in [0, 0.05) is 12.2 Å². The first-order chi connectivity index (χ1) is 9.52. The van der Waals surface area contributed by atoms with Crippen molar-refractivity contribution in [3.63, 3.8) is 0 Å². The second kappa shape index (κ2) is 5.87. The third-order valence-corrected chi connectivity index (χ3v) is 3.28. The van der Waals surface area contributed by atoms with Crippen molar-refractivity contribution in [1.29, 1.82) is 0 Å². The minimum Gasteiger partial charge on any atom is -0.480 e. The standard InChI is InChI=1S/C13H16FN3O3/c14-9-6-8(3-4-10(9)16-12(18)7-15)17-5-1-2-11(17)13(19)20/h3-4,6,11H,1-2,5,7,15H2,(H,16,18)(H,19,20). The maximum Gasteiger partial charge on any atom is 0.326 e. The van der Waals surface area contributed by atoms with Gasteiger partial charge in [0.25, 0.3) is 0 Å². The lowest BCUT2D eigenvalue weighted by Gasteiger charge is -2.24. The van der Waals surface area contributed by atoms with E-state index in [0.717, 1.165) is 6.42 Å². The van der Waals surface area contributed by atoms with Crippen LogP contribution in [0.25, 0.3) is 0 Å². The molecule has 1 aromatic carbocycles. The lowest BCUT2D eigenvalue weighted by Crippen LogP contribution is -2.35. The Hall–Kier alpha value is -2.15. The van der Waals surface area contributed by atoms with Crippen LogP contribution in [0.5, 0.6) is 0 Å². The zero-order chi connectivity index (χ0) is 14.7. The van der Waals surface area contributed by atoms with Crippen LogP contribution in [0, 0.1) is 5.82 Å². The van der Waals surface area contributed by atoms with Gasteiger partial charge >= 0.3 is 5.97 Å². The highest BCUT2D eigenvalue weighted by atomic mass is 19.1. The van der Waals surface area contributed by atoms with E-state index in [1.54, 1.807) is 11.0 Å². The number of nitrogens with zero attached hydrogens (tertiary/aromatic N) is 1. The van der Waals surface area contributed by atoms with Gasteiger partial charge in [-0.25, -0.2) is 9.18 Å². The number of hydrogen-bond acceptors (Lipinski definition) is 4. The van der Waals surface area contributed by atoms with Crippen molar-refractivity contribution in [3.8, 4) is 0 Å². The normalized spacial score (nSPS) is 18.1. The summed E-state index contributed by atoms with van der Waals surface area (Å²) in [7, 11) is 0. The number of carboxylic acid groups (broad SMARTS) is 1. The zero-order valence-corrected chi connectivity index (χ0v) is 10.8. The Morgan fingerprint density at radius 3 is 2.85 bits per heavy atom. The number of amides is 1. The molecule has 1 aliphatic rings. The number of anilines is 2. The van der Waals surface area contributed by atoms with Crippen molar-refractivity contribution in [2.75, 3.05) is 23.3 Å². The van der Waals surface area contributed by atoms with Gasteiger partial charge in [-0.05, 0) is 31.0 Å². The molecule has 1 fully saturated rings. The largest absolute Gasteiger partial charge is 0.480 e. The summed E-state index contributed by atoms with van der Waals surface area (Å²) >= 11 is 0. The smallest absolute Gasteiger partial charge is 0.326 e. The lowest BCUT2D eigenvalue weighted by molar-refractivity contribution is -0.138. The third-order valence-electron chi connectivity index (χ3n) is 3.28. The fraction of sp³-hybridized carbons (Fsp3) is 0.385. The Labute approximate surface area is 115 Å². The molecule has 1 saturated heterocycles. The SMILES string of the molecule is NCC(=O)Nc1ccc(N2CCCC2C(=O)O)cc1F. The van der Waals surface area contributed by atoms with Crippen LogP contribution in [0.15, 0.2) is 18.2 Å². The van der Waals surface area contributed by atoms with Gasteiger partial charge in [-0.2, -0.15) is 0 Å². The van der Waals surface area contributed by atoms with Gasteiger partial charge in [-0.3, -0.25) is 4.79 Å². The zero-order valence-electron chi connectivity index (χ0n) is 10.8. The number of carboxylic acids is 1. The van der Waals surface area contributed by atoms with Crippen molar-refractivity contribution < 1.29 is 19.1 Å². The molecule has 1 aromatic rings. The van der Waals surface area contributed by atoms with Crippen molar-refractivity contribution in [3.05, 3.63) is 24.0 Å². The first-order valence-corrected chi connectivity index (χ1v) is 6.32. The number of nitrogens with one attached hydrogen (secondary N) is 1. The van der Waals surface area contributed by atoms with Crippen LogP contribution in [0.1, 0.15) is 12.8 Å². The van der Waals surface area contributed by atoms with E-state index in [4.69, 9.17) is 10.8 Å². The Morgan fingerprint density at radius 1 is 1.50 bits per heavy atom. The number of halogens is 1. The van der Waals surface area contributed by atoms with Crippen LogP contribution in [-0.4, -0.2) is 36.1 Å². The van der Waals surface area contributed by atoms with E-state index in [1.807, 2.05) is 0 Å². The summed E-state index contributed by atoms with van der Waals surface area (Å²) in [4.78, 5) is 23.9. The highest BCUT2D eigenvalue weighted by Gasteiger charge is 2.30. The molecule has 6 nitrogen and oxygen atoms in total. The first-order valence-electron chi connectivity index (χ1n) is 6.32. The lowest BCUT2D eigenvalue weighted by atomic mass is 10.2. The van der Waals surface area contributed by atoms with Gasteiger partial charge in [0.2, 0.25) is 5.91 Å². The minimum atomic E-state index is -0.914. The van der Waals surface area contributed by atoms with Crippen LogP contribution in [0.3, 0.4) is 0 Å². The maximum atomic E-state index is 13.9. The van der Waals surface area contributed by atoms with Crippen LogP contribution >= 0.6 is 0 Å². The molecule has 1 aliphatic heterocycles. The minimum absolute atomic E-state index is 0.0373. The summed E-state index contributed by atoms with van der Waals surface area (Å²) in [6, 6.07) is 3.61. The van der Waals surface area contributed by atoms with Crippen LogP contribution in [0.4, 0.5) is 15.8 Å². The number of carbonyl (C=O) groups excluding carboxylic acids is 1. The molecule has 1 unspecified atom stereocenters. The van der Waals surface area contributed by atoms with Crippen LogP contribution in [-0.2, 0) is 9.59 Å². The fourth-order valence-electron chi connectivity index (χ4n) is 2.32. The van der Waals surface area contributed by atoms with Crippen molar-refractivity contribution in [2.24, 2.45) is 5.73 Å². The molecule has 4 N–H and O–H groups in total. The molecular weight excluding hydrogens is 265 g/mol. The predicted molar refractivity (Wildman–Crippen MR) is 72.1 cm³/mol. The molecule has 0 spiro atoms. The van der Waals surface area contributed by atoms with Gasteiger partial charge in [0.05, 0.1) is 12.2 Å². The molecule has 1 amide bonds. The molecule has 0 aromatic heterocycles. The van der Waals surface area contributed by atoms with E-state index in [2.05, 4.69) is 5.32 Å². The quantitative estimate of drug-likeness (QED) is 0.758. The summed E-state index contributed by atoms with van der Waals surface area (Å²) in [5.74, 6) is -2.01. The van der Waals surface area contributed by atoms with E-state index in [1.165, 1.54) is 12.1 Å². The average molecular weight is 281 g/mol. The molecule has 108 valence electrons. The highest BCUT2D eigenvalue weighted by molar-refractivity contribution is 5.92. The van der Waals surface area contributed by atoms with Crippen molar-refractivity contribution in [1.82, 2.24) is 0 Å². The summed E-state index contributed by atoms with van der Waals surface area (Å²) in [6.45, 7) is 0.347. The van der Waals surface area contributed by atoms with Gasteiger partial charge in [-0.15, -0.1) is 0 Å². The topological polar surface area (TPSA) is 95.7 Å². The van der Waals surface area contributed by atoms with Crippen LogP contribution in [0.2, 0.25) is 0 Å². The number of aliphatic carboxylic acids is 1. The number of benzene rings is 1. The summed E-state index contributed by atoms with van der Waals surface area (Å²) < 4.78 is 13.9. The highest BCUT2D eigenvalue weighted by Crippen LogP contribution is 2.28. The Kier molecular flexibility index (Phi) is 4.19. The van der Waals surface area contributed by atoms with Gasteiger partial charge in [0.1, 0.15) is 11.9 Å². The van der Waals surface area contributed by atoms with E-state index in [0.29, 0.717) is 18.7 Å². The molecule has 20 heavy (non-hydrogen) atoms. The number of hydrogen-bond donors (Lipinski definition) is 3. The number of carbonyl (C=O) groups is 2. The molecule has 0 aliphatic carbocycles. The second-order valence-corrected chi connectivity index (χ2v) is 4.61. The van der Waals surface area contributed by atoms with Crippen molar-refractivity contribution >= 4 is 23.3 Å². The average Bonchev–Trinajstić information content (AvgIpc) is 2.90. The van der Waals surface area contributed by atoms with E-state index >= 15 is 0 Å². The summed E-state index contributed by atoms with van der Waals surface area (Å²) in [6.07, 6.45) is 1.30. The molecule has 0 saturated carbocycles. The third kappa shape index (κ3) is 2.88. The molecule has 7 heteroatoms. The van der Waals surface area contributed by atoms with Gasteiger partial charge in [-0.1, -0.05) is 0 Å². The van der Waals surface area contributed by atoms with Crippen LogP contribution < -0.4 is 16.0 Å². The van der Waals surface area contributed by atoms with Crippen molar-refractivity contribution in [2.45, 2.75) is 18.9 Å². The Bertz CT molecular complexity index is 536. The predicted octanol–water partition coefficient (Wildman–Crippen LogP) is 0.776. The van der Waals surface area contributed by atoms with Gasteiger partial charge < -0.3 is 21.1 Å². The molecule has 0 radical (unpaired) electrons. The summed E-state index contributed by atoms with van der Waals surface area (Å²) in [5, 5.41) is 11.5. The molecular formula is C13H16FN3O3. The first kappa shape index (κ1) is 14.3. The summed E-state index contributed by atoms with van der Waals surface area (Å²) in [5.41, 5.74) is 5.68. The second-order valence-electron chi connectivity index (χ2n) is 4.61. The molecule has 2 rings (SSSR count). The maximum absolute atomic E-state index is 13.9. The van der Waals surface area contributed by atoms with E-state index < -0.39 is 23.7 Å². The van der Waals surface area contributed by atoms with E-state index in [9.17, 15) is 14.0 Å². The van der Waals surface area contributed by atoms with E-state index in [-0.39, 0.29) is 12.2 Å². The Morgan fingerprint density at radius 2 is 2.25 bits per heavy atom. The number of rotatable bonds is 4. The van der Waals surface area contributed by atoms with Gasteiger partial charge in [0.15, 0.2) is 0 Å². The molecule has 1 atom stereocenters. The Balaban J connectivity index is 2.20.